The largest absolute Gasteiger partial charge is 0.380 e. The van der Waals surface area contributed by atoms with Crippen LogP contribution in [-0.2, 0) is 14.3 Å². The minimum Gasteiger partial charge on any atom is -0.380 e. The Hall–Kier alpha value is -2.34. The molecule has 3 rings (SSSR count). The molecule has 1 aromatic heterocycles. The summed E-state index contributed by atoms with van der Waals surface area (Å²) >= 11 is 0. The van der Waals surface area contributed by atoms with E-state index in [0.29, 0.717) is 25.4 Å². The molecule has 0 unspecified atom stereocenters. The number of carbonyl (C=O) groups is 2. The SMILES string of the molecule is C[C@H]1CCOCCN1C(=O)C(=O)Nc1ccc2[nH]ccc2c1. The average molecular weight is 301 g/mol. The van der Waals surface area contributed by atoms with Crippen LogP contribution in [0.5, 0.6) is 0 Å². The van der Waals surface area contributed by atoms with Gasteiger partial charge >= 0.3 is 11.8 Å². The third-order valence-electron chi connectivity index (χ3n) is 3.95. The maximum absolute atomic E-state index is 12.3. The molecule has 22 heavy (non-hydrogen) atoms. The van der Waals surface area contributed by atoms with Crippen LogP contribution in [0.2, 0.25) is 0 Å². The Bertz CT molecular complexity index is 695. The molecule has 2 amide bonds. The Kier molecular flexibility index (Phi) is 4.11. The number of nitrogens with zero attached hydrogens (tertiary/aromatic N) is 1. The van der Waals surface area contributed by atoms with Gasteiger partial charge in [-0.1, -0.05) is 0 Å². The maximum atomic E-state index is 12.3. The van der Waals surface area contributed by atoms with E-state index in [1.165, 1.54) is 0 Å². The number of amides is 2. The molecule has 1 atom stereocenters. The van der Waals surface area contributed by atoms with E-state index in [1.54, 1.807) is 11.0 Å². The number of carbonyl (C=O) groups excluding carboxylic acids is 2. The summed E-state index contributed by atoms with van der Waals surface area (Å²) in [4.78, 5) is 29.2. The molecular formula is C16H19N3O3. The van der Waals surface area contributed by atoms with E-state index >= 15 is 0 Å². The molecule has 0 aliphatic carbocycles. The highest BCUT2D eigenvalue weighted by molar-refractivity contribution is 6.39. The number of aromatic nitrogens is 1. The minimum absolute atomic E-state index is 0.00732. The Labute approximate surface area is 128 Å². The zero-order valence-electron chi connectivity index (χ0n) is 12.5. The van der Waals surface area contributed by atoms with Crippen molar-refractivity contribution >= 4 is 28.4 Å². The van der Waals surface area contributed by atoms with Gasteiger partial charge in [-0.05, 0) is 37.6 Å². The third-order valence-corrected chi connectivity index (χ3v) is 3.95. The molecule has 0 bridgehead atoms. The lowest BCUT2D eigenvalue weighted by molar-refractivity contribution is -0.144. The van der Waals surface area contributed by atoms with Crippen LogP contribution in [0.1, 0.15) is 13.3 Å². The number of fused-ring (bicyclic) bond motifs is 1. The number of hydrogen-bond acceptors (Lipinski definition) is 3. The van der Waals surface area contributed by atoms with E-state index in [0.717, 1.165) is 17.3 Å². The molecule has 1 saturated heterocycles. The lowest BCUT2D eigenvalue weighted by Gasteiger charge is -2.25. The van der Waals surface area contributed by atoms with Gasteiger partial charge in [-0.3, -0.25) is 9.59 Å². The molecule has 0 spiro atoms. The van der Waals surface area contributed by atoms with E-state index in [-0.39, 0.29) is 6.04 Å². The number of anilines is 1. The van der Waals surface area contributed by atoms with Gasteiger partial charge in [0.15, 0.2) is 0 Å². The molecule has 2 aromatic rings. The highest BCUT2D eigenvalue weighted by Gasteiger charge is 2.27. The summed E-state index contributed by atoms with van der Waals surface area (Å²) in [6.45, 7) is 3.48. The van der Waals surface area contributed by atoms with Crippen molar-refractivity contribution in [2.24, 2.45) is 0 Å². The van der Waals surface area contributed by atoms with Crippen LogP contribution < -0.4 is 5.32 Å². The van der Waals surface area contributed by atoms with E-state index in [9.17, 15) is 9.59 Å². The maximum Gasteiger partial charge on any atom is 0.313 e. The van der Waals surface area contributed by atoms with E-state index < -0.39 is 11.8 Å². The van der Waals surface area contributed by atoms with Gasteiger partial charge in [0, 0.05) is 42.0 Å². The number of H-pyrrole nitrogens is 1. The number of ether oxygens (including phenoxy) is 1. The summed E-state index contributed by atoms with van der Waals surface area (Å²) in [6.07, 6.45) is 2.58. The number of hydrogen-bond donors (Lipinski definition) is 2. The fraction of sp³-hybridized carbons (Fsp3) is 0.375. The van der Waals surface area contributed by atoms with Gasteiger partial charge in [0.1, 0.15) is 0 Å². The molecule has 1 aliphatic rings. The molecule has 0 radical (unpaired) electrons. The monoisotopic (exact) mass is 301 g/mol. The number of nitrogens with one attached hydrogen (secondary N) is 2. The number of aromatic amines is 1. The van der Waals surface area contributed by atoms with Crippen molar-refractivity contribution in [2.75, 3.05) is 25.1 Å². The van der Waals surface area contributed by atoms with Crippen molar-refractivity contribution in [3.05, 3.63) is 30.5 Å². The Morgan fingerprint density at radius 2 is 2.18 bits per heavy atom. The van der Waals surface area contributed by atoms with Crippen LogP contribution >= 0.6 is 0 Å². The van der Waals surface area contributed by atoms with Crippen LogP contribution in [0, 0.1) is 0 Å². The van der Waals surface area contributed by atoms with Gasteiger partial charge < -0.3 is 19.9 Å². The molecule has 2 N–H and O–H groups in total. The van der Waals surface area contributed by atoms with E-state index in [2.05, 4.69) is 10.3 Å². The Morgan fingerprint density at radius 3 is 3.05 bits per heavy atom. The second kappa shape index (κ2) is 6.19. The summed E-state index contributed by atoms with van der Waals surface area (Å²) in [5, 5.41) is 3.66. The first-order valence-corrected chi connectivity index (χ1v) is 7.42. The first-order chi connectivity index (χ1) is 10.6. The zero-order valence-corrected chi connectivity index (χ0v) is 12.5. The van der Waals surface area contributed by atoms with Crippen LogP contribution in [0.25, 0.3) is 10.9 Å². The standard InChI is InChI=1S/C16H19N3O3/c1-11-5-8-22-9-7-19(11)16(21)15(20)18-13-2-3-14-12(10-13)4-6-17-14/h2-4,6,10-11,17H,5,7-9H2,1H3,(H,18,20)/t11-/m0/s1. The molecule has 6 nitrogen and oxygen atoms in total. The van der Waals surface area contributed by atoms with Crippen molar-refractivity contribution in [3.8, 4) is 0 Å². The number of benzene rings is 1. The Balaban J connectivity index is 1.71. The molecule has 0 saturated carbocycles. The van der Waals surface area contributed by atoms with Crippen molar-refractivity contribution < 1.29 is 14.3 Å². The molecule has 116 valence electrons. The van der Waals surface area contributed by atoms with Crippen LogP contribution in [0.15, 0.2) is 30.5 Å². The highest BCUT2D eigenvalue weighted by Crippen LogP contribution is 2.18. The molecule has 1 aromatic carbocycles. The van der Waals surface area contributed by atoms with Gasteiger partial charge in [-0.2, -0.15) is 0 Å². The predicted octanol–water partition coefficient (Wildman–Crippen LogP) is 1.74. The van der Waals surface area contributed by atoms with Crippen LogP contribution in [0.4, 0.5) is 5.69 Å². The fourth-order valence-electron chi connectivity index (χ4n) is 2.64. The van der Waals surface area contributed by atoms with Crippen molar-refractivity contribution in [2.45, 2.75) is 19.4 Å². The summed E-state index contributed by atoms with van der Waals surface area (Å²) < 4.78 is 5.35. The first-order valence-electron chi connectivity index (χ1n) is 7.42. The smallest absolute Gasteiger partial charge is 0.313 e. The van der Waals surface area contributed by atoms with Crippen molar-refractivity contribution in [3.63, 3.8) is 0 Å². The topological polar surface area (TPSA) is 74.4 Å². The highest BCUT2D eigenvalue weighted by atomic mass is 16.5. The quantitative estimate of drug-likeness (QED) is 0.788. The summed E-state index contributed by atoms with van der Waals surface area (Å²) in [6, 6.07) is 7.41. The third kappa shape index (κ3) is 2.96. The van der Waals surface area contributed by atoms with Crippen LogP contribution in [0.3, 0.4) is 0 Å². The van der Waals surface area contributed by atoms with Gasteiger partial charge in [0.25, 0.3) is 0 Å². The minimum atomic E-state index is -0.608. The van der Waals surface area contributed by atoms with Gasteiger partial charge in [-0.25, -0.2) is 0 Å². The molecule has 1 aliphatic heterocycles. The molecule has 1 fully saturated rings. The lowest BCUT2D eigenvalue weighted by atomic mass is 10.2. The first kappa shape index (κ1) is 14.6. The normalized spacial score (nSPS) is 19.0. The molecule has 6 heteroatoms. The lowest BCUT2D eigenvalue weighted by Crippen LogP contribution is -2.45. The Morgan fingerprint density at radius 1 is 1.32 bits per heavy atom. The van der Waals surface area contributed by atoms with Gasteiger partial charge in [0.2, 0.25) is 0 Å². The predicted molar refractivity (Wildman–Crippen MR) is 83.5 cm³/mol. The summed E-state index contributed by atoms with van der Waals surface area (Å²) in [7, 11) is 0. The second-order valence-corrected chi connectivity index (χ2v) is 5.48. The van der Waals surface area contributed by atoms with Gasteiger partial charge in [-0.15, -0.1) is 0 Å². The summed E-state index contributed by atoms with van der Waals surface area (Å²) in [5.41, 5.74) is 1.60. The average Bonchev–Trinajstić information content (AvgIpc) is 2.87. The van der Waals surface area contributed by atoms with Crippen molar-refractivity contribution in [1.29, 1.82) is 0 Å². The fourth-order valence-corrected chi connectivity index (χ4v) is 2.64. The van der Waals surface area contributed by atoms with Crippen LogP contribution in [-0.4, -0.2) is 47.5 Å². The van der Waals surface area contributed by atoms with Crippen molar-refractivity contribution in [1.82, 2.24) is 9.88 Å². The molecule has 2 heterocycles. The zero-order chi connectivity index (χ0) is 15.5. The van der Waals surface area contributed by atoms with Gasteiger partial charge in [0.05, 0.1) is 6.61 Å². The van der Waals surface area contributed by atoms with E-state index in [1.807, 2.05) is 31.3 Å². The van der Waals surface area contributed by atoms with E-state index in [4.69, 9.17) is 4.74 Å². The second-order valence-electron chi connectivity index (χ2n) is 5.48. The molecular weight excluding hydrogens is 282 g/mol. The number of rotatable bonds is 1. The summed E-state index contributed by atoms with van der Waals surface area (Å²) in [5.74, 6) is -1.11.